The van der Waals surface area contributed by atoms with Gasteiger partial charge in [-0.25, -0.2) is 0 Å². The summed E-state index contributed by atoms with van der Waals surface area (Å²) in [7, 11) is 0. The summed E-state index contributed by atoms with van der Waals surface area (Å²) in [4.78, 5) is 2.39. The van der Waals surface area contributed by atoms with Crippen molar-refractivity contribution in [3.8, 4) is 33.4 Å². The maximum Gasteiger partial charge on any atom is 0.0468 e. The summed E-state index contributed by atoms with van der Waals surface area (Å²) in [5, 5.41) is 10.2. The van der Waals surface area contributed by atoms with Crippen molar-refractivity contribution in [2.24, 2.45) is 0 Å². The Hall–Kier alpha value is -7.00. The van der Waals surface area contributed by atoms with E-state index in [2.05, 4.69) is 217 Å². The van der Waals surface area contributed by atoms with Gasteiger partial charge < -0.3 is 4.90 Å². The van der Waals surface area contributed by atoms with E-state index in [1.165, 1.54) is 85.9 Å². The standard InChI is InChI=1S/C54H35NS/c1-3-16-45-37(11-1)13-10-21-46(45)40-15-9-14-39(33-40)36-23-27-42(28-24-36)55(44-31-32-54-52(35-44)50-20-7-8-22-53(50)56-54)43-29-25-38(26-30-43)51-34-41-12-2-4-17-47(41)48-18-5-6-19-49(48)51/h1-35H. The molecule has 0 aliphatic carbocycles. The van der Waals surface area contributed by atoms with Gasteiger partial charge in [0, 0.05) is 37.2 Å². The van der Waals surface area contributed by atoms with Crippen molar-refractivity contribution in [1.82, 2.24) is 0 Å². The summed E-state index contributed by atoms with van der Waals surface area (Å²) >= 11 is 1.86. The van der Waals surface area contributed by atoms with Gasteiger partial charge in [0.05, 0.1) is 0 Å². The Labute approximate surface area is 330 Å². The molecule has 1 aromatic heterocycles. The molecule has 0 aliphatic rings. The normalized spacial score (nSPS) is 11.6. The van der Waals surface area contributed by atoms with Crippen molar-refractivity contribution < 1.29 is 0 Å². The smallest absolute Gasteiger partial charge is 0.0468 e. The second-order valence-electron chi connectivity index (χ2n) is 14.5. The van der Waals surface area contributed by atoms with Crippen LogP contribution in [-0.4, -0.2) is 0 Å². The predicted octanol–water partition coefficient (Wildman–Crippen LogP) is 16.0. The van der Waals surface area contributed by atoms with Gasteiger partial charge >= 0.3 is 0 Å². The molecule has 0 N–H and O–H groups in total. The van der Waals surface area contributed by atoms with Gasteiger partial charge in [-0.2, -0.15) is 0 Å². The van der Waals surface area contributed by atoms with Crippen molar-refractivity contribution in [3.05, 3.63) is 212 Å². The van der Waals surface area contributed by atoms with Crippen LogP contribution >= 0.6 is 11.3 Å². The SMILES string of the molecule is c1cc(-c2ccc(N(c3ccc(-c4cc5ccccc5c5ccccc45)cc3)c3ccc4sc5ccccc5c4c3)cc2)cc(-c2cccc3ccccc23)c1. The van der Waals surface area contributed by atoms with Crippen molar-refractivity contribution in [2.75, 3.05) is 4.90 Å². The first kappa shape index (κ1) is 32.4. The number of thiophene rings is 1. The van der Waals surface area contributed by atoms with Gasteiger partial charge in [-0.1, -0.05) is 152 Å². The molecule has 10 aromatic carbocycles. The fourth-order valence-corrected chi connectivity index (χ4v) is 9.62. The number of fused-ring (bicyclic) bond motifs is 7. The monoisotopic (exact) mass is 729 g/mol. The molecule has 0 aliphatic heterocycles. The minimum absolute atomic E-state index is 1.11. The third-order valence-corrected chi connectivity index (χ3v) is 12.4. The van der Waals surface area contributed by atoms with E-state index in [4.69, 9.17) is 0 Å². The molecule has 0 amide bonds. The second kappa shape index (κ2) is 13.4. The van der Waals surface area contributed by atoms with E-state index < -0.39 is 0 Å². The molecule has 2 heteroatoms. The Kier molecular flexibility index (Phi) is 7.75. The third kappa shape index (κ3) is 5.54. The average molecular weight is 730 g/mol. The molecule has 0 fully saturated rings. The highest BCUT2D eigenvalue weighted by molar-refractivity contribution is 7.25. The number of rotatable bonds is 6. The topological polar surface area (TPSA) is 3.24 Å². The van der Waals surface area contributed by atoms with E-state index in [1.54, 1.807) is 0 Å². The highest BCUT2D eigenvalue weighted by atomic mass is 32.1. The summed E-state index contributed by atoms with van der Waals surface area (Å²) in [5.41, 5.74) is 10.7. The molecular weight excluding hydrogens is 695 g/mol. The number of nitrogens with zero attached hydrogens (tertiary/aromatic N) is 1. The number of anilines is 3. The van der Waals surface area contributed by atoms with E-state index in [9.17, 15) is 0 Å². The van der Waals surface area contributed by atoms with Crippen LogP contribution in [0, 0.1) is 0 Å². The summed E-state index contributed by atoms with van der Waals surface area (Å²) in [6, 6.07) is 77.7. The first-order valence-corrected chi connectivity index (χ1v) is 20.0. The quantitative estimate of drug-likeness (QED) is 0.154. The highest BCUT2D eigenvalue weighted by Gasteiger charge is 2.17. The third-order valence-electron chi connectivity index (χ3n) is 11.2. The van der Waals surface area contributed by atoms with Gasteiger partial charge in [0.25, 0.3) is 0 Å². The first-order chi connectivity index (χ1) is 27.7. The lowest BCUT2D eigenvalue weighted by atomic mass is 9.93. The van der Waals surface area contributed by atoms with Crippen LogP contribution in [0.2, 0.25) is 0 Å². The van der Waals surface area contributed by atoms with E-state index in [1.807, 2.05) is 11.3 Å². The van der Waals surface area contributed by atoms with Crippen LogP contribution in [0.15, 0.2) is 212 Å². The lowest BCUT2D eigenvalue weighted by Crippen LogP contribution is -2.09. The zero-order chi connectivity index (χ0) is 37.0. The predicted molar refractivity (Wildman–Crippen MR) is 243 cm³/mol. The van der Waals surface area contributed by atoms with Gasteiger partial charge in [0.15, 0.2) is 0 Å². The first-order valence-electron chi connectivity index (χ1n) is 19.2. The minimum Gasteiger partial charge on any atom is -0.310 e. The van der Waals surface area contributed by atoms with Crippen molar-refractivity contribution in [2.45, 2.75) is 0 Å². The van der Waals surface area contributed by atoms with Crippen molar-refractivity contribution in [3.63, 3.8) is 0 Å². The molecule has 0 saturated heterocycles. The largest absolute Gasteiger partial charge is 0.310 e. The van der Waals surface area contributed by atoms with Gasteiger partial charge in [0.2, 0.25) is 0 Å². The van der Waals surface area contributed by atoms with E-state index in [0.29, 0.717) is 0 Å². The number of benzene rings is 10. The number of hydrogen-bond acceptors (Lipinski definition) is 2. The van der Waals surface area contributed by atoms with Crippen LogP contribution in [0.5, 0.6) is 0 Å². The Balaban J connectivity index is 1.01. The molecule has 0 radical (unpaired) electrons. The zero-order valence-corrected chi connectivity index (χ0v) is 31.4. The molecule has 1 heterocycles. The molecule has 11 rings (SSSR count). The van der Waals surface area contributed by atoms with Gasteiger partial charge in [0.1, 0.15) is 0 Å². The van der Waals surface area contributed by atoms with E-state index in [0.717, 1.165) is 17.1 Å². The summed E-state index contributed by atoms with van der Waals surface area (Å²) in [6.45, 7) is 0. The van der Waals surface area contributed by atoms with Gasteiger partial charge in [-0.15, -0.1) is 11.3 Å². The average Bonchev–Trinajstić information content (AvgIpc) is 3.65. The van der Waals surface area contributed by atoms with Crippen LogP contribution in [-0.2, 0) is 0 Å². The molecule has 56 heavy (non-hydrogen) atoms. The van der Waals surface area contributed by atoms with Crippen molar-refractivity contribution >= 4 is 80.9 Å². The molecule has 0 unspecified atom stereocenters. The molecule has 0 saturated carbocycles. The van der Waals surface area contributed by atoms with Gasteiger partial charge in [-0.05, 0) is 126 Å². The van der Waals surface area contributed by atoms with Crippen molar-refractivity contribution in [1.29, 1.82) is 0 Å². The molecule has 0 spiro atoms. The molecule has 0 atom stereocenters. The Morgan fingerprint density at radius 2 is 0.839 bits per heavy atom. The highest BCUT2D eigenvalue weighted by Crippen LogP contribution is 2.43. The van der Waals surface area contributed by atoms with E-state index in [-0.39, 0.29) is 0 Å². The Morgan fingerprint density at radius 1 is 0.268 bits per heavy atom. The van der Waals surface area contributed by atoms with Crippen LogP contribution in [0.3, 0.4) is 0 Å². The second-order valence-corrected chi connectivity index (χ2v) is 15.6. The van der Waals surface area contributed by atoms with Crippen LogP contribution in [0.25, 0.3) is 85.9 Å². The summed E-state index contributed by atoms with van der Waals surface area (Å²) in [5.74, 6) is 0. The summed E-state index contributed by atoms with van der Waals surface area (Å²) in [6.07, 6.45) is 0. The fraction of sp³-hybridized carbons (Fsp3) is 0. The van der Waals surface area contributed by atoms with Crippen LogP contribution in [0.4, 0.5) is 17.1 Å². The molecular formula is C54H35NS. The lowest BCUT2D eigenvalue weighted by Gasteiger charge is -2.26. The molecule has 11 aromatic rings. The van der Waals surface area contributed by atoms with Gasteiger partial charge in [-0.3, -0.25) is 0 Å². The maximum absolute atomic E-state index is 2.39. The molecule has 0 bridgehead atoms. The Bertz CT molecular complexity index is 3240. The maximum atomic E-state index is 2.39. The number of hydrogen-bond donors (Lipinski definition) is 0. The van der Waals surface area contributed by atoms with Crippen LogP contribution in [0.1, 0.15) is 0 Å². The lowest BCUT2D eigenvalue weighted by molar-refractivity contribution is 1.29. The zero-order valence-electron chi connectivity index (χ0n) is 30.6. The summed E-state index contributed by atoms with van der Waals surface area (Å²) < 4.78 is 2.61. The van der Waals surface area contributed by atoms with Crippen LogP contribution < -0.4 is 4.90 Å². The fourth-order valence-electron chi connectivity index (χ4n) is 8.53. The van der Waals surface area contributed by atoms with E-state index >= 15 is 0 Å². The molecule has 1 nitrogen and oxygen atoms in total. The molecule has 262 valence electrons. The minimum atomic E-state index is 1.11. The Morgan fingerprint density at radius 3 is 1.64 bits per heavy atom.